The standard InChI is InChI=1S/C12H18O6/c1-3-15-7(2)16-12-11-8(6-10(14)18-11)9(17-12)4-5-13/h5,7-9,11-12H,3-4,6H2,1-2H3/t7?,8-,9+,11-,12-/m1/s1. The summed E-state index contributed by atoms with van der Waals surface area (Å²) in [6.45, 7) is 4.15. The van der Waals surface area contributed by atoms with Gasteiger partial charge in [-0.2, -0.15) is 0 Å². The molecule has 0 bridgehead atoms. The van der Waals surface area contributed by atoms with E-state index in [4.69, 9.17) is 18.9 Å². The Morgan fingerprint density at radius 3 is 3.00 bits per heavy atom. The van der Waals surface area contributed by atoms with E-state index in [1.54, 1.807) is 6.92 Å². The maximum absolute atomic E-state index is 11.3. The molecule has 1 unspecified atom stereocenters. The molecule has 6 nitrogen and oxygen atoms in total. The van der Waals surface area contributed by atoms with Crippen LogP contribution in [0.1, 0.15) is 26.7 Å². The van der Waals surface area contributed by atoms with Crippen LogP contribution in [0.4, 0.5) is 0 Å². The Labute approximate surface area is 106 Å². The number of ether oxygens (including phenoxy) is 4. The topological polar surface area (TPSA) is 71.1 Å². The third kappa shape index (κ3) is 2.71. The number of aldehydes is 1. The van der Waals surface area contributed by atoms with E-state index in [1.165, 1.54) is 0 Å². The monoisotopic (exact) mass is 258 g/mol. The fourth-order valence-corrected chi connectivity index (χ4v) is 2.44. The predicted molar refractivity (Wildman–Crippen MR) is 59.5 cm³/mol. The summed E-state index contributed by atoms with van der Waals surface area (Å²) in [5, 5.41) is 0. The Kier molecular flexibility index (Phi) is 4.31. The second-order valence-electron chi connectivity index (χ2n) is 4.43. The number of fused-ring (bicyclic) bond motifs is 1. The van der Waals surface area contributed by atoms with E-state index < -0.39 is 18.7 Å². The molecule has 2 rings (SSSR count). The van der Waals surface area contributed by atoms with Gasteiger partial charge in [-0.1, -0.05) is 0 Å². The second-order valence-corrected chi connectivity index (χ2v) is 4.43. The first-order valence-corrected chi connectivity index (χ1v) is 6.21. The zero-order valence-corrected chi connectivity index (χ0v) is 10.5. The van der Waals surface area contributed by atoms with E-state index in [2.05, 4.69) is 0 Å². The highest BCUT2D eigenvalue weighted by atomic mass is 16.8. The van der Waals surface area contributed by atoms with Crippen LogP contribution < -0.4 is 0 Å². The Morgan fingerprint density at radius 1 is 1.56 bits per heavy atom. The van der Waals surface area contributed by atoms with Gasteiger partial charge < -0.3 is 23.7 Å². The molecule has 2 saturated heterocycles. The van der Waals surface area contributed by atoms with Crippen LogP contribution >= 0.6 is 0 Å². The van der Waals surface area contributed by atoms with Gasteiger partial charge in [-0.05, 0) is 13.8 Å². The third-order valence-electron chi connectivity index (χ3n) is 3.20. The molecule has 18 heavy (non-hydrogen) atoms. The minimum Gasteiger partial charge on any atom is -0.457 e. The molecule has 102 valence electrons. The quantitative estimate of drug-likeness (QED) is 0.395. The van der Waals surface area contributed by atoms with Crippen molar-refractivity contribution in [2.24, 2.45) is 5.92 Å². The SMILES string of the molecule is CCOC(C)O[C@@H]1O[C@@H](CC=O)[C@H]2CC(=O)O[C@@H]12. The average Bonchev–Trinajstić information content (AvgIpc) is 2.81. The van der Waals surface area contributed by atoms with Gasteiger partial charge in [0.05, 0.1) is 12.5 Å². The predicted octanol–water partition coefficient (Wildman–Crippen LogP) is 0.631. The Balaban J connectivity index is 1.98. The van der Waals surface area contributed by atoms with E-state index in [-0.39, 0.29) is 30.8 Å². The molecule has 0 radical (unpaired) electrons. The van der Waals surface area contributed by atoms with Crippen LogP contribution in [0.15, 0.2) is 0 Å². The number of hydrogen-bond acceptors (Lipinski definition) is 6. The largest absolute Gasteiger partial charge is 0.457 e. The Morgan fingerprint density at radius 2 is 2.33 bits per heavy atom. The van der Waals surface area contributed by atoms with Crippen molar-refractivity contribution >= 4 is 12.3 Å². The van der Waals surface area contributed by atoms with Crippen molar-refractivity contribution in [3.63, 3.8) is 0 Å². The second kappa shape index (κ2) is 5.77. The summed E-state index contributed by atoms with van der Waals surface area (Å²) in [5.41, 5.74) is 0. The minimum atomic E-state index is -0.645. The first kappa shape index (κ1) is 13.5. The highest BCUT2D eigenvalue weighted by Gasteiger charge is 2.52. The van der Waals surface area contributed by atoms with Gasteiger partial charge in [0.2, 0.25) is 0 Å². The lowest BCUT2D eigenvalue weighted by Crippen LogP contribution is -2.32. The number of carbonyl (C=O) groups excluding carboxylic acids is 2. The van der Waals surface area contributed by atoms with E-state index in [0.29, 0.717) is 6.61 Å². The van der Waals surface area contributed by atoms with Crippen LogP contribution in [0, 0.1) is 5.92 Å². The highest BCUT2D eigenvalue weighted by Crippen LogP contribution is 2.39. The molecule has 5 atom stereocenters. The minimum absolute atomic E-state index is 0.0958. The van der Waals surface area contributed by atoms with E-state index >= 15 is 0 Å². The molecule has 2 aliphatic heterocycles. The molecule has 0 N–H and O–H groups in total. The van der Waals surface area contributed by atoms with Crippen molar-refractivity contribution in [3.8, 4) is 0 Å². The lowest BCUT2D eigenvalue weighted by molar-refractivity contribution is -0.251. The Bertz CT molecular complexity index is 318. The van der Waals surface area contributed by atoms with E-state index in [9.17, 15) is 9.59 Å². The molecule has 2 fully saturated rings. The van der Waals surface area contributed by atoms with Crippen LogP contribution in [-0.2, 0) is 28.5 Å². The van der Waals surface area contributed by atoms with Crippen LogP contribution in [-0.4, -0.2) is 43.7 Å². The molecule has 2 heterocycles. The summed E-state index contributed by atoms with van der Waals surface area (Å²) >= 11 is 0. The molecule has 0 aromatic carbocycles. The van der Waals surface area contributed by atoms with E-state index in [0.717, 1.165) is 6.29 Å². The number of hydrogen-bond donors (Lipinski definition) is 0. The normalized spacial score (nSPS) is 36.2. The van der Waals surface area contributed by atoms with Crippen molar-refractivity contribution < 1.29 is 28.5 Å². The summed E-state index contributed by atoms with van der Waals surface area (Å²) in [4.78, 5) is 21.9. The smallest absolute Gasteiger partial charge is 0.306 e. The number of carbonyl (C=O) groups is 2. The maximum atomic E-state index is 11.3. The molecular formula is C12H18O6. The Hall–Kier alpha value is -0.980. The van der Waals surface area contributed by atoms with Gasteiger partial charge in [-0.3, -0.25) is 4.79 Å². The van der Waals surface area contributed by atoms with Gasteiger partial charge >= 0.3 is 5.97 Å². The molecule has 0 spiro atoms. The molecule has 0 amide bonds. The highest BCUT2D eigenvalue weighted by molar-refractivity contribution is 5.72. The summed E-state index contributed by atoms with van der Waals surface area (Å²) in [5.74, 6) is -0.358. The van der Waals surface area contributed by atoms with Gasteiger partial charge in [0.1, 0.15) is 6.29 Å². The summed E-state index contributed by atoms with van der Waals surface area (Å²) in [6, 6.07) is 0. The fourth-order valence-electron chi connectivity index (χ4n) is 2.44. The van der Waals surface area contributed by atoms with Crippen LogP contribution in [0.25, 0.3) is 0 Å². The lowest BCUT2D eigenvalue weighted by Gasteiger charge is -2.21. The van der Waals surface area contributed by atoms with Gasteiger partial charge in [-0.25, -0.2) is 0 Å². The summed E-state index contributed by atoms with van der Waals surface area (Å²) < 4.78 is 21.6. The lowest BCUT2D eigenvalue weighted by atomic mass is 9.95. The molecule has 0 aromatic heterocycles. The van der Waals surface area contributed by atoms with Crippen LogP contribution in [0.3, 0.4) is 0 Å². The van der Waals surface area contributed by atoms with Crippen molar-refractivity contribution in [1.82, 2.24) is 0 Å². The fraction of sp³-hybridized carbons (Fsp3) is 0.833. The van der Waals surface area contributed by atoms with Crippen molar-refractivity contribution in [2.45, 2.75) is 51.5 Å². The summed E-state index contributed by atoms with van der Waals surface area (Å²) in [6.07, 6.45) is -0.489. The zero-order valence-electron chi connectivity index (χ0n) is 10.5. The first-order valence-electron chi connectivity index (χ1n) is 6.21. The molecule has 0 aromatic rings. The molecule has 0 aliphatic carbocycles. The third-order valence-corrected chi connectivity index (χ3v) is 3.20. The van der Waals surface area contributed by atoms with Crippen molar-refractivity contribution in [2.75, 3.05) is 6.61 Å². The van der Waals surface area contributed by atoms with Gasteiger partial charge in [-0.15, -0.1) is 0 Å². The first-order chi connectivity index (χ1) is 8.65. The van der Waals surface area contributed by atoms with Crippen LogP contribution in [0.2, 0.25) is 0 Å². The number of rotatable bonds is 6. The van der Waals surface area contributed by atoms with Crippen molar-refractivity contribution in [3.05, 3.63) is 0 Å². The zero-order chi connectivity index (χ0) is 13.1. The van der Waals surface area contributed by atoms with E-state index in [1.807, 2.05) is 6.92 Å². The average molecular weight is 258 g/mol. The maximum Gasteiger partial charge on any atom is 0.306 e. The number of esters is 1. The molecule has 6 heteroatoms. The van der Waals surface area contributed by atoms with Gasteiger partial charge in [0.15, 0.2) is 18.7 Å². The summed E-state index contributed by atoms with van der Waals surface area (Å²) in [7, 11) is 0. The molecule has 0 saturated carbocycles. The van der Waals surface area contributed by atoms with Crippen LogP contribution in [0.5, 0.6) is 0 Å². The van der Waals surface area contributed by atoms with Gasteiger partial charge in [0, 0.05) is 18.9 Å². The molecular weight excluding hydrogens is 240 g/mol. The van der Waals surface area contributed by atoms with Gasteiger partial charge in [0.25, 0.3) is 0 Å². The van der Waals surface area contributed by atoms with Crippen molar-refractivity contribution in [1.29, 1.82) is 0 Å². The molecule has 2 aliphatic rings.